The van der Waals surface area contributed by atoms with Gasteiger partial charge in [0.25, 0.3) is 0 Å². The molecule has 0 amide bonds. The summed E-state index contributed by atoms with van der Waals surface area (Å²) in [6.07, 6.45) is 0. The monoisotopic (exact) mass is 191 g/mol. The van der Waals surface area contributed by atoms with Crippen LogP contribution in [0.25, 0.3) is 0 Å². The summed E-state index contributed by atoms with van der Waals surface area (Å²) in [4.78, 5) is 4.62. The van der Waals surface area contributed by atoms with Gasteiger partial charge in [0.15, 0.2) is 0 Å². The van der Waals surface area contributed by atoms with Crippen molar-refractivity contribution in [3.05, 3.63) is 35.9 Å². The molecular weight excluding hydrogens is 178 g/mol. The highest BCUT2D eigenvalue weighted by Crippen LogP contribution is 2.29. The summed E-state index contributed by atoms with van der Waals surface area (Å²) >= 11 is 1.88. The van der Waals surface area contributed by atoms with Crippen LogP contribution >= 0.6 is 11.8 Å². The highest BCUT2D eigenvalue weighted by Gasteiger charge is 2.22. The second-order valence-electron chi connectivity index (χ2n) is 3.36. The molecule has 0 radical (unpaired) electrons. The van der Waals surface area contributed by atoms with E-state index in [4.69, 9.17) is 0 Å². The number of hydrogen-bond donors (Lipinski definition) is 0. The van der Waals surface area contributed by atoms with Gasteiger partial charge in [-0.3, -0.25) is 4.99 Å². The molecule has 2 rings (SSSR count). The van der Waals surface area contributed by atoms with Crippen LogP contribution in [0.2, 0.25) is 0 Å². The summed E-state index contributed by atoms with van der Waals surface area (Å²) in [5.41, 5.74) is 1.25. The molecule has 1 aromatic rings. The average Bonchev–Trinajstić information content (AvgIpc) is 2.49. The number of hydrogen-bond acceptors (Lipinski definition) is 2. The summed E-state index contributed by atoms with van der Waals surface area (Å²) in [6, 6.07) is 10.9. The first-order valence-corrected chi connectivity index (χ1v) is 5.45. The van der Waals surface area contributed by atoms with E-state index in [9.17, 15) is 0 Å². The van der Waals surface area contributed by atoms with Crippen LogP contribution in [0.15, 0.2) is 35.3 Å². The molecule has 0 unspecified atom stereocenters. The fourth-order valence-electron chi connectivity index (χ4n) is 1.32. The molecule has 13 heavy (non-hydrogen) atoms. The maximum atomic E-state index is 4.62. The Balaban J connectivity index is 2.25. The Hall–Kier alpha value is -0.760. The van der Waals surface area contributed by atoms with Crippen molar-refractivity contribution >= 4 is 16.8 Å². The van der Waals surface area contributed by atoms with E-state index in [2.05, 4.69) is 43.1 Å². The zero-order valence-corrected chi connectivity index (χ0v) is 8.71. The predicted octanol–water partition coefficient (Wildman–Crippen LogP) is 2.96. The number of nitrogens with zero attached hydrogens (tertiary/aromatic N) is 1. The Bertz CT molecular complexity index is 318. The lowest BCUT2D eigenvalue weighted by atomic mass is 10.2. The van der Waals surface area contributed by atoms with Gasteiger partial charge >= 0.3 is 0 Å². The van der Waals surface area contributed by atoms with Gasteiger partial charge in [0.1, 0.15) is 0 Å². The lowest BCUT2D eigenvalue weighted by Crippen LogP contribution is -2.07. The molecule has 0 aliphatic carbocycles. The Morgan fingerprint density at radius 2 is 1.85 bits per heavy atom. The third-order valence-electron chi connectivity index (χ3n) is 2.32. The molecular formula is C11H13NS. The van der Waals surface area contributed by atoms with Crippen molar-refractivity contribution in [2.24, 2.45) is 4.99 Å². The summed E-state index contributed by atoms with van der Waals surface area (Å²) in [5, 5.41) is 1.82. The van der Waals surface area contributed by atoms with E-state index in [1.54, 1.807) is 0 Å². The fraction of sp³-hybridized carbons (Fsp3) is 0.364. The van der Waals surface area contributed by atoms with Gasteiger partial charge in [-0.05, 0) is 6.92 Å². The maximum absolute atomic E-state index is 4.62. The molecule has 1 nitrogen and oxygen atoms in total. The van der Waals surface area contributed by atoms with Crippen molar-refractivity contribution in [2.75, 3.05) is 0 Å². The first-order valence-electron chi connectivity index (χ1n) is 4.57. The lowest BCUT2D eigenvalue weighted by molar-refractivity contribution is 0.749. The second-order valence-corrected chi connectivity index (χ2v) is 4.73. The lowest BCUT2D eigenvalue weighted by Gasteiger charge is -2.03. The predicted molar refractivity (Wildman–Crippen MR) is 59.5 cm³/mol. The van der Waals surface area contributed by atoms with Crippen LogP contribution in [0.3, 0.4) is 0 Å². The molecule has 0 saturated heterocycles. The smallest absolute Gasteiger partial charge is 0.0983 e. The van der Waals surface area contributed by atoms with E-state index in [1.165, 1.54) is 10.6 Å². The number of thioether (sulfide) groups is 1. The average molecular weight is 191 g/mol. The van der Waals surface area contributed by atoms with Gasteiger partial charge in [-0.1, -0.05) is 37.3 Å². The third-order valence-corrected chi connectivity index (χ3v) is 3.65. The van der Waals surface area contributed by atoms with Crippen LogP contribution in [0.1, 0.15) is 19.4 Å². The summed E-state index contributed by atoms with van der Waals surface area (Å²) in [5.74, 6) is 0. The Morgan fingerprint density at radius 1 is 1.15 bits per heavy atom. The van der Waals surface area contributed by atoms with Crippen LogP contribution in [0.4, 0.5) is 0 Å². The van der Waals surface area contributed by atoms with Gasteiger partial charge in [-0.25, -0.2) is 0 Å². The summed E-state index contributed by atoms with van der Waals surface area (Å²) in [7, 11) is 0. The van der Waals surface area contributed by atoms with Crippen molar-refractivity contribution in [1.29, 1.82) is 0 Å². The van der Waals surface area contributed by atoms with Crippen molar-refractivity contribution < 1.29 is 0 Å². The highest BCUT2D eigenvalue weighted by molar-refractivity contribution is 8.15. The Kier molecular flexibility index (Phi) is 2.40. The molecule has 1 aliphatic rings. The van der Waals surface area contributed by atoms with Crippen LogP contribution in [-0.2, 0) is 0 Å². The van der Waals surface area contributed by atoms with Crippen LogP contribution in [-0.4, -0.2) is 16.3 Å². The van der Waals surface area contributed by atoms with Crippen molar-refractivity contribution in [1.82, 2.24) is 0 Å². The SMILES string of the molecule is C[C@H]1N=C(c2ccccc2)S[C@@H]1C. The second kappa shape index (κ2) is 3.54. The molecule has 0 spiro atoms. The minimum Gasteiger partial charge on any atom is -0.274 e. The fourth-order valence-corrected chi connectivity index (χ4v) is 2.43. The van der Waals surface area contributed by atoms with E-state index < -0.39 is 0 Å². The van der Waals surface area contributed by atoms with Gasteiger partial charge in [0, 0.05) is 10.8 Å². The third kappa shape index (κ3) is 1.78. The molecule has 0 aromatic heterocycles. The first kappa shape index (κ1) is 8.82. The topological polar surface area (TPSA) is 12.4 Å². The van der Waals surface area contributed by atoms with E-state index in [0.29, 0.717) is 11.3 Å². The Labute approximate surface area is 83.3 Å². The normalized spacial score (nSPS) is 27.4. The van der Waals surface area contributed by atoms with Gasteiger partial charge in [0.2, 0.25) is 0 Å². The standard InChI is InChI=1S/C11H13NS/c1-8-9(2)13-11(12-8)10-6-4-3-5-7-10/h3-9H,1-2H3/t8-,9-/m1/s1. The van der Waals surface area contributed by atoms with Crippen molar-refractivity contribution in [2.45, 2.75) is 25.1 Å². The minimum atomic E-state index is 0.459. The van der Waals surface area contributed by atoms with E-state index in [0.717, 1.165) is 0 Å². The largest absolute Gasteiger partial charge is 0.274 e. The van der Waals surface area contributed by atoms with Crippen LogP contribution < -0.4 is 0 Å². The van der Waals surface area contributed by atoms with E-state index in [1.807, 2.05) is 17.8 Å². The number of rotatable bonds is 1. The molecule has 68 valence electrons. The minimum absolute atomic E-state index is 0.459. The van der Waals surface area contributed by atoms with Crippen molar-refractivity contribution in [3.63, 3.8) is 0 Å². The van der Waals surface area contributed by atoms with E-state index >= 15 is 0 Å². The molecule has 1 aliphatic heterocycles. The van der Waals surface area contributed by atoms with Crippen molar-refractivity contribution in [3.8, 4) is 0 Å². The Morgan fingerprint density at radius 3 is 2.38 bits per heavy atom. The molecule has 0 saturated carbocycles. The molecule has 0 bridgehead atoms. The summed E-state index contributed by atoms with van der Waals surface area (Å²) < 4.78 is 0. The molecule has 0 fully saturated rings. The quantitative estimate of drug-likeness (QED) is 0.664. The highest BCUT2D eigenvalue weighted by atomic mass is 32.2. The van der Waals surface area contributed by atoms with Gasteiger partial charge in [-0.15, -0.1) is 11.8 Å². The molecule has 2 atom stereocenters. The van der Waals surface area contributed by atoms with E-state index in [-0.39, 0.29) is 0 Å². The van der Waals surface area contributed by atoms with Gasteiger partial charge in [-0.2, -0.15) is 0 Å². The molecule has 2 heteroatoms. The van der Waals surface area contributed by atoms with Gasteiger partial charge in [0.05, 0.1) is 11.1 Å². The molecule has 1 aromatic carbocycles. The zero-order chi connectivity index (χ0) is 9.26. The van der Waals surface area contributed by atoms with Crippen LogP contribution in [0.5, 0.6) is 0 Å². The number of benzene rings is 1. The molecule has 0 N–H and O–H groups in total. The van der Waals surface area contributed by atoms with Gasteiger partial charge < -0.3 is 0 Å². The first-order chi connectivity index (χ1) is 6.27. The summed E-state index contributed by atoms with van der Waals surface area (Å²) in [6.45, 7) is 4.41. The maximum Gasteiger partial charge on any atom is 0.0983 e. The molecule has 1 heterocycles. The number of aliphatic imine (C=N–C) groups is 1. The zero-order valence-electron chi connectivity index (χ0n) is 7.90. The van der Waals surface area contributed by atoms with Crippen LogP contribution in [0, 0.1) is 0 Å².